The summed E-state index contributed by atoms with van der Waals surface area (Å²) in [5.74, 6) is -1.17. The molecule has 1 aromatic heterocycles. The van der Waals surface area contributed by atoms with Crippen molar-refractivity contribution in [2.24, 2.45) is 0 Å². The Kier molecular flexibility index (Phi) is 3.70. The number of nitrogens with one attached hydrogen (secondary N) is 1. The summed E-state index contributed by atoms with van der Waals surface area (Å²) in [5, 5.41) is 16.6. The second-order valence-electron chi connectivity index (χ2n) is 5.05. The minimum atomic E-state index is -0.861. The number of carboxylic acid groups (broad SMARTS) is 1. The number of carboxylic acids is 1. The maximum atomic E-state index is 14.0. The third-order valence-electron chi connectivity index (χ3n) is 3.67. The lowest BCUT2D eigenvalue weighted by atomic mass is 10.0. The lowest BCUT2D eigenvalue weighted by Crippen LogP contribution is -2.25. The number of aryl methyl sites for hydroxylation is 1. The molecular weight excluding hydrogens is 273 g/mol. The number of aliphatic carboxylic acids is 1. The summed E-state index contributed by atoms with van der Waals surface area (Å²) in [7, 11) is 0. The van der Waals surface area contributed by atoms with Crippen LogP contribution in [0.3, 0.4) is 0 Å². The number of hydrogen-bond donors (Lipinski definition) is 2. The SMILES string of the molecule is O=C(O)CCn1nc(-c2ccccc2F)c2c1CCNC2. The molecule has 0 bridgehead atoms. The Labute approximate surface area is 121 Å². The highest BCUT2D eigenvalue weighted by Crippen LogP contribution is 2.29. The molecule has 2 N–H and O–H groups in total. The molecule has 0 unspecified atom stereocenters. The Hall–Kier alpha value is -2.21. The monoisotopic (exact) mass is 289 g/mol. The fourth-order valence-corrected chi connectivity index (χ4v) is 2.68. The number of carbonyl (C=O) groups is 1. The average Bonchev–Trinajstić information content (AvgIpc) is 2.84. The van der Waals surface area contributed by atoms with Crippen LogP contribution < -0.4 is 5.32 Å². The van der Waals surface area contributed by atoms with Gasteiger partial charge in [-0.25, -0.2) is 4.39 Å². The first kappa shape index (κ1) is 13.8. The number of benzene rings is 1. The highest BCUT2D eigenvalue weighted by atomic mass is 19.1. The Balaban J connectivity index is 2.05. The van der Waals surface area contributed by atoms with Gasteiger partial charge in [-0.1, -0.05) is 12.1 Å². The molecule has 21 heavy (non-hydrogen) atoms. The maximum Gasteiger partial charge on any atom is 0.305 e. The zero-order valence-electron chi connectivity index (χ0n) is 11.5. The number of fused-ring (bicyclic) bond motifs is 1. The van der Waals surface area contributed by atoms with Gasteiger partial charge in [-0.15, -0.1) is 0 Å². The molecule has 0 radical (unpaired) electrons. The summed E-state index contributed by atoms with van der Waals surface area (Å²) in [4.78, 5) is 10.8. The molecule has 1 aliphatic rings. The van der Waals surface area contributed by atoms with E-state index in [2.05, 4.69) is 10.4 Å². The number of aromatic nitrogens is 2. The summed E-state index contributed by atoms with van der Waals surface area (Å²) in [5.41, 5.74) is 3.05. The minimum absolute atomic E-state index is 0.0122. The Morgan fingerprint density at radius 2 is 2.24 bits per heavy atom. The standard InChI is InChI=1S/C15H16FN3O2/c16-12-4-2-1-3-10(12)15-11-9-17-7-5-13(11)19(18-15)8-6-14(20)21/h1-4,17H,5-9H2,(H,20,21). The van der Waals surface area contributed by atoms with Crippen molar-refractivity contribution in [1.29, 1.82) is 0 Å². The second-order valence-corrected chi connectivity index (χ2v) is 5.05. The normalized spacial score (nSPS) is 14.0. The predicted octanol–water partition coefficient (Wildman–Crippen LogP) is 1.81. The van der Waals surface area contributed by atoms with E-state index in [1.807, 2.05) is 0 Å². The van der Waals surface area contributed by atoms with E-state index in [1.54, 1.807) is 22.9 Å². The van der Waals surface area contributed by atoms with Crippen molar-refractivity contribution in [3.05, 3.63) is 41.3 Å². The molecule has 0 fully saturated rings. The fraction of sp³-hybridized carbons (Fsp3) is 0.333. The molecule has 0 spiro atoms. The van der Waals surface area contributed by atoms with Gasteiger partial charge in [0.25, 0.3) is 0 Å². The third kappa shape index (κ3) is 2.67. The summed E-state index contributed by atoms with van der Waals surface area (Å²) in [6.45, 7) is 1.76. The largest absolute Gasteiger partial charge is 0.481 e. The Morgan fingerprint density at radius 3 is 3.00 bits per heavy atom. The number of rotatable bonds is 4. The summed E-state index contributed by atoms with van der Waals surface area (Å²) in [6, 6.07) is 6.53. The van der Waals surface area contributed by atoms with Crippen molar-refractivity contribution in [3.63, 3.8) is 0 Å². The van der Waals surface area contributed by atoms with Crippen LogP contribution in [0.5, 0.6) is 0 Å². The van der Waals surface area contributed by atoms with Crippen LogP contribution in [0.4, 0.5) is 4.39 Å². The number of hydrogen-bond acceptors (Lipinski definition) is 3. The van der Waals surface area contributed by atoms with Gasteiger partial charge >= 0.3 is 5.97 Å². The van der Waals surface area contributed by atoms with Gasteiger partial charge in [0.15, 0.2) is 0 Å². The van der Waals surface area contributed by atoms with E-state index in [1.165, 1.54) is 6.07 Å². The van der Waals surface area contributed by atoms with E-state index in [4.69, 9.17) is 5.11 Å². The first-order chi connectivity index (χ1) is 10.2. The van der Waals surface area contributed by atoms with E-state index in [-0.39, 0.29) is 12.2 Å². The molecule has 1 aliphatic heterocycles. The van der Waals surface area contributed by atoms with E-state index < -0.39 is 5.97 Å². The Morgan fingerprint density at radius 1 is 1.43 bits per heavy atom. The van der Waals surface area contributed by atoms with Gasteiger partial charge in [-0.05, 0) is 12.1 Å². The van der Waals surface area contributed by atoms with Crippen LogP contribution in [0.1, 0.15) is 17.7 Å². The van der Waals surface area contributed by atoms with Gasteiger partial charge in [-0.3, -0.25) is 9.48 Å². The van der Waals surface area contributed by atoms with Crippen LogP contribution in [0, 0.1) is 5.82 Å². The molecule has 0 atom stereocenters. The van der Waals surface area contributed by atoms with Crippen LogP contribution >= 0.6 is 0 Å². The van der Waals surface area contributed by atoms with Gasteiger partial charge < -0.3 is 10.4 Å². The molecule has 3 rings (SSSR count). The molecule has 0 saturated heterocycles. The molecule has 110 valence electrons. The van der Waals surface area contributed by atoms with Gasteiger partial charge in [0.05, 0.1) is 18.7 Å². The smallest absolute Gasteiger partial charge is 0.305 e. The second kappa shape index (κ2) is 5.65. The third-order valence-corrected chi connectivity index (χ3v) is 3.67. The van der Waals surface area contributed by atoms with Crippen molar-refractivity contribution >= 4 is 5.97 Å². The molecule has 6 heteroatoms. The molecule has 0 aliphatic carbocycles. The topological polar surface area (TPSA) is 67.1 Å². The van der Waals surface area contributed by atoms with Crippen LogP contribution in [0.15, 0.2) is 24.3 Å². The van der Waals surface area contributed by atoms with E-state index in [0.717, 1.165) is 24.2 Å². The molecule has 0 saturated carbocycles. The zero-order valence-corrected chi connectivity index (χ0v) is 11.5. The summed E-state index contributed by atoms with van der Waals surface area (Å²) < 4.78 is 15.7. The number of halogens is 1. The first-order valence-corrected chi connectivity index (χ1v) is 6.93. The predicted molar refractivity (Wildman–Crippen MR) is 75.3 cm³/mol. The average molecular weight is 289 g/mol. The van der Waals surface area contributed by atoms with E-state index in [9.17, 15) is 9.18 Å². The van der Waals surface area contributed by atoms with Gasteiger partial charge in [0, 0.05) is 36.3 Å². The quantitative estimate of drug-likeness (QED) is 0.901. The Bertz CT molecular complexity index is 682. The van der Waals surface area contributed by atoms with Crippen LogP contribution in [0.2, 0.25) is 0 Å². The highest BCUT2D eigenvalue weighted by Gasteiger charge is 2.23. The van der Waals surface area contributed by atoms with Gasteiger partial charge in [-0.2, -0.15) is 5.10 Å². The molecule has 1 aromatic carbocycles. The zero-order chi connectivity index (χ0) is 14.8. The van der Waals surface area contributed by atoms with Crippen molar-refractivity contribution in [2.45, 2.75) is 25.9 Å². The molecule has 0 amide bonds. The van der Waals surface area contributed by atoms with Crippen molar-refractivity contribution < 1.29 is 14.3 Å². The lowest BCUT2D eigenvalue weighted by molar-refractivity contribution is -0.137. The van der Waals surface area contributed by atoms with Crippen LogP contribution in [-0.4, -0.2) is 27.4 Å². The molecule has 2 aromatic rings. The highest BCUT2D eigenvalue weighted by molar-refractivity contribution is 5.67. The molecule has 5 nitrogen and oxygen atoms in total. The number of nitrogens with zero attached hydrogens (tertiary/aromatic N) is 2. The molecular formula is C15H16FN3O2. The van der Waals surface area contributed by atoms with Gasteiger partial charge in [0.1, 0.15) is 5.82 Å². The van der Waals surface area contributed by atoms with Crippen LogP contribution in [0.25, 0.3) is 11.3 Å². The van der Waals surface area contributed by atoms with Crippen molar-refractivity contribution in [1.82, 2.24) is 15.1 Å². The lowest BCUT2D eigenvalue weighted by Gasteiger charge is -2.15. The maximum absolute atomic E-state index is 14.0. The van der Waals surface area contributed by atoms with Crippen molar-refractivity contribution in [3.8, 4) is 11.3 Å². The summed E-state index contributed by atoms with van der Waals surface area (Å²) in [6.07, 6.45) is 0.786. The van der Waals surface area contributed by atoms with E-state index >= 15 is 0 Å². The minimum Gasteiger partial charge on any atom is -0.481 e. The summed E-state index contributed by atoms with van der Waals surface area (Å²) >= 11 is 0. The van der Waals surface area contributed by atoms with Crippen molar-refractivity contribution in [2.75, 3.05) is 6.54 Å². The van der Waals surface area contributed by atoms with Crippen LogP contribution in [-0.2, 0) is 24.3 Å². The molecule has 2 heterocycles. The first-order valence-electron chi connectivity index (χ1n) is 6.93. The van der Waals surface area contributed by atoms with Gasteiger partial charge in [0.2, 0.25) is 0 Å². The fourth-order valence-electron chi connectivity index (χ4n) is 2.68. The van der Waals surface area contributed by atoms with E-state index in [0.29, 0.717) is 24.3 Å².